The summed E-state index contributed by atoms with van der Waals surface area (Å²) in [5.74, 6) is -1.19. The first kappa shape index (κ1) is 16.0. The summed E-state index contributed by atoms with van der Waals surface area (Å²) in [6.07, 6.45) is 1.02. The van der Waals surface area contributed by atoms with Crippen molar-refractivity contribution in [2.24, 2.45) is 0 Å². The summed E-state index contributed by atoms with van der Waals surface area (Å²) in [5.41, 5.74) is 0.658. The number of hydrogen-bond donors (Lipinski definition) is 1. The smallest absolute Gasteiger partial charge is 0.136 e. The number of hydrogen-bond acceptors (Lipinski definition) is 4. The van der Waals surface area contributed by atoms with E-state index in [1.165, 1.54) is 29.5 Å². The van der Waals surface area contributed by atoms with Gasteiger partial charge in [0.25, 0.3) is 0 Å². The second-order valence-electron chi connectivity index (χ2n) is 4.60. The maximum atomic E-state index is 13.8. The van der Waals surface area contributed by atoms with E-state index in [0.717, 1.165) is 23.5 Å². The Balaban J connectivity index is 2.34. The maximum absolute atomic E-state index is 13.8. The third kappa shape index (κ3) is 3.84. The van der Waals surface area contributed by atoms with Crippen LogP contribution in [0.4, 0.5) is 8.78 Å². The van der Waals surface area contributed by atoms with Crippen LogP contribution in [0.25, 0.3) is 10.6 Å². The van der Waals surface area contributed by atoms with E-state index >= 15 is 0 Å². The van der Waals surface area contributed by atoms with E-state index in [0.29, 0.717) is 18.2 Å². The van der Waals surface area contributed by atoms with Gasteiger partial charge in [-0.05, 0) is 25.1 Å². The lowest BCUT2D eigenvalue weighted by molar-refractivity contribution is 0.181. The number of nitrogens with one attached hydrogen (secondary N) is 1. The van der Waals surface area contributed by atoms with Crippen molar-refractivity contribution in [3.05, 3.63) is 40.4 Å². The minimum absolute atomic E-state index is 0.0680. The monoisotopic (exact) mass is 312 g/mol. The minimum Gasteiger partial charge on any atom is -0.378 e. The van der Waals surface area contributed by atoms with Gasteiger partial charge >= 0.3 is 0 Å². The summed E-state index contributed by atoms with van der Waals surface area (Å²) in [6, 6.07) is 3.83. The average Bonchev–Trinajstić information content (AvgIpc) is 2.82. The highest BCUT2D eigenvalue weighted by atomic mass is 32.1. The molecule has 0 radical (unpaired) electrons. The first-order valence-electron chi connectivity index (χ1n) is 6.80. The van der Waals surface area contributed by atoms with Crippen molar-refractivity contribution >= 4 is 11.3 Å². The molecule has 6 heteroatoms. The molecule has 1 aromatic heterocycles. The number of ether oxygens (including phenoxy) is 1. The second-order valence-corrected chi connectivity index (χ2v) is 5.68. The molecule has 0 saturated heterocycles. The summed E-state index contributed by atoms with van der Waals surface area (Å²) >= 11 is 1.30. The third-order valence-electron chi connectivity index (χ3n) is 2.95. The van der Waals surface area contributed by atoms with Gasteiger partial charge in [-0.3, -0.25) is 0 Å². The Morgan fingerprint density at radius 3 is 2.62 bits per heavy atom. The van der Waals surface area contributed by atoms with Gasteiger partial charge in [0.1, 0.15) is 16.6 Å². The fraction of sp³-hybridized carbons (Fsp3) is 0.400. The zero-order chi connectivity index (χ0) is 15.2. The fourth-order valence-corrected chi connectivity index (χ4v) is 3.04. The standard InChI is InChI=1S/C15H18F2N2OS/c1-3-7-18-8-13-12(9-20-2)19-15(21-13)14-10(16)5-4-6-11(14)17/h4-6,18H,3,7-9H2,1-2H3. The lowest BCUT2D eigenvalue weighted by Crippen LogP contribution is -2.14. The first-order chi connectivity index (χ1) is 10.2. The number of aromatic nitrogens is 1. The van der Waals surface area contributed by atoms with Gasteiger partial charge in [0.05, 0.1) is 17.9 Å². The lowest BCUT2D eigenvalue weighted by Gasteiger charge is -2.02. The molecule has 0 aliphatic heterocycles. The largest absolute Gasteiger partial charge is 0.378 e. The normalized spacial score (nSPS) is 11.0. The minimum atomic E-state index is -0.596. The second kappa shape index (κ2) is 7.59. The molecule has 0 amide bonds. The Kier molecular flexibility index (Phi) is 5.78. The molecule has 0 saturated carbocycles. The van der Waals surface area contributed by atoms with E-state index in [9.17, 15) is 8.78 Å². The molecule has 1 aromatic carbocycles. The van der Waals surface area contributed by atoms with Crippen LogP contribution in [0.15, 0.2) is 18.2 Å². The molecule has 0 spiro atoms. The van der Waals surface area contributed by atoms with Gasteiger partial charge in [-0.15, -0.1) is 11.3 Å². The van der Waals surface area contributed by atoms with Gasteiger partial charge in [-0.1, -0.05) is 13.0 Å². The third-order valence-corrected chi connectivity index (χ3v) is 4.06. The van der Waals surface area contributed by atoms with Crippen molar-refractivity contribution in [3.63, 3.8) is 0 Å². The maximum Gasteiger partial charge on any atom is 0.136 e. The van der Waals surface area contributed by atoms with Gasteiger partial charge in [0.2, 0.25) is 0 Å². The molecule has 0 aliphatic rings. The number of nitrogens with zero attached hydrogens (tertiary/aromatic N) is 1. The Morgan fingerprint density at radius 2 is 2.00 bits per heavy atom. The van der Waals surface area contributed by atoms with Crippen LogP contribution in [0.1, 0.15) is 23.9 Å². The predicted molar refractivity (Wildman–Crippen MR) is 80.2 cm³/mol. The van der Waals surface area contributed by atoms with Crippen molar-refractivity contribution in [2.75, 3.05) is 13.7 Å². The molecule has 0 aliphatic carbocycles. The van der Waals surface area contributed by atoms with E-state index in [2.05, 4.69) is 17.2 Å². The Bertz CT molecular complexity index is 581. The number of halogens is 2. The summed E-state index contributed by atoms with van der Waals surface area (Å²) in [5, 5.41) is 3.62. The van der Waals surface area contributed by atoms with Crippen LogP contribution in [0.3, 0.4) is 0 Å². The van der Waals surface area contributed by atoms with Gasteiger partial charge in [0, 0.05) is 18.5 Å². The summed E-state index contributed by atoms with van der Waals surface area (Å²) in [7, 11) is 1.58. The Labute approximate surface area is 127 Å². The van der Waals surface area contributed by atoms with Crippen molar-refractivity contribution in [1.29, 1.82) is 0 Å². The Hall–Kier alpha value is -1.37. The molecular weight excluding hydrogens is 294 g/mol. The van der Waals surface area contributed by atoms with E-state index in [4.69, 9.17) is 4.74 Å². The average molecular weight is 312 g/mol. The molecule has 0 unspecified atom stereocenters. The summed E-state index contributed by atoms with van der Waals surface area (Å²) in [4.78, 5) is 5.29. The molecule has 0 atom stereocenters. The van der Waals surface area contributed by atoms with Crippen LogP contribution in [-0.2, 0) is 17.9 Å². The van der Waals surface area contributed by atoms with E-state index in [1.54, 1.807) is 7.11 Å². The highest BCUT2D eigenvalue weighted by molar-refractivity contribution is 7.15. The van der Waals surface area contributed by atoms with Crippen LogP contribution in [0.5, 0.6) is 0 Å². The van der Waals surface area contributed by atoms with Crippen LogP contribution >= 0.6 is 11.3 Å². The number of methoxy groups -OCH3 is 1. The van der Waals surface area contributed by atoms with E-state index in [-0.39, 0.29) is 5.56 Å². The van der Waals surface area contributed by atoms with Crippen molar-refractivity contribution < 1.29 is 13.5 Å². The molecule has 114 valence electrons. The molecule has 0 fully saturated rings. The molecule has 1 heterocycles. The van der Waals surface area contributed by atoms with Crippen LogP contribution in [0, 0.1) is 11.6 Å². The Morgan fingerprint density at radius 1 is 1.29 bits per heavy atom. The molecule has 3 nitrogen and oxygen atoms in total. The molecular formula is C15H18F2N2OS. The zero-order valence-electron chi connectivity index (χ0n) is 12.1. The van der Waals surface area contributed by atoms with Gasteiger partial charge in [0.15, 0.2) is 0 Å². The van der Waals surface area contributed by atoms with Crippen molar-refractivity contribution in [2.45, 2.75) is 26.5 Å². The van der Waals surface area contributed by atoms with Gasteiger partial charge in [-0.25, -0.2) is 13.8 Å². The van der Waals surface area contributed by atoms with Crippen molar-refractivity contribution in [1.82, 2.24) is 10.3 Å². The van der Waals surface area contributed by atoms with Crippen molar-refractivity contribution in [3.8, 4) is 10.6 Å². The molecule has 2 aromatic rings. The molecule has 0 bridgehead atoms. The lowest BCUT2D eigenvalue weighted by atomic mass is 10.2. The number of thiazole rings is 1. The van der Waals surface area contributed by atoms with Crippen LogP contribution in [0.2, 0.25) is 0 Å². The molecule has 1 N–H and O–H groups in total. The summed E-state index contributed by atoms with van der Waals surface area (Å²) < 4.78 is 32.8. The topological polar surface area (TPSA) is 34.2 Å². The SMILES string of the molecule is CCCNCc1sc(-c2c(F)cccc2F)nc1COC. The number of benzene rings is 1. The van der Waals surface area contributed by atoms with Crippen LogP contribution in [-0.4, -0.2) is 18.6 Å². The zero-order valence-corrected chi connectivity index (χ0v) is 12.9. The predicted octanol–water partition coefficient (Wildman–Crippen LogP) is 3.73. The molecule has 2 rings (SSSR count). The number of rotatable bonds is 7. The van der Waals surface area contributed by atoms with Crippen LogP contribution < -0.4 is 5.32 Å². The van der Waals surface area contributed by atoms with E-state index < -0.39 is 11.6 Å². The van der Waals surface area contributed by atoms with Gasteiger partial charge in [-0.2, -0.15) is 0 Å². The molecule has 21 heavy (non-hydrogen) atoms. The quantitative estimate of drug-likeness (QED) is 0.791. The fourth-order valence-electron chi connectivity index (χ4n) is 1.96. The first-order valence-corrected chi connectivity index (χ1v) is 7.61. The van der Waals surface area contributed by atoms with E-state index in [1.807, 2.05) is 0 Å². The van der Waals surface area contributed by atoms with Gasteiger partial charge < -0.3 is 10.1 Å². The summed E-state index contributed by atoms with van der Waals surface area (Å²) in [6.45, 7) is 3.92. The highest BCUT2D eigenvalue weighted by Crippen LogP contribution is 2.32. The highest BCUT2D eigenvalue weighted by Gasteiger charge is 2.18.